The normalized spacial score (nSPS) is 12.4. The Morgan fingerprint density at radius 2 is 1.69 bits per heavy atom. The third kappa shape index (κ3) is 6.73. The van der Waals surface area contributed by atoms with Gasteiger partial charge in [0.2, 0.25) is 0 Å². The average molecular weight is 375 g/mol. The van der Waals surface area contributed by atoms with Crippen molar-refractivity contribution in [2.75, 3.05) is 13.7 Å². The Bertz CT molecular complexity index is 641. The molecule has 0 unspecified atom stereocenters. The number of amides is 1. The van der Waals surface area contributed by atoms with Crippen LogP contribution < -0.4 is 5.32 Å². The van der Waals surface area contributed by atoms with Crippen LogP contribution in [-0.4, -0.2) is 37.6 Å². The maximum absolute atomic E-state index is 12.5. The number of carbonyl (C=O) groups is 3. The molecule has 1 aromatic carbocycles. The van der Waals surface area contributed by atoms with Crippen molar-refractivity contribution in [2.24, 2.45) is 5.92 Å². The molecule has 1 N–H and O–H groups in total. The molecule has 0 radical (unpaired) electrons. The molecule has 1 atom stereocenters. The van der Waals surface area contributed by atoms with Crippen LogP contribution in [0.1, 0.15) is 36.2 Å². The molecular formula is C17H20F3NO5. The van der Waals surface area contributed by atoms with Crippen LogP contribution in [0.3, 0.4) is 0 Å². The van der Waals surface area contributed by atoms with Crippen molar-refractivity contribution in [3.63, 3.8) is 0 Å². The second kappa shape index (κ2) is 9.21. The van der Waals surface area contributed by atoms with Crippen molar-refractivity contribution in [3.05, 3.63) is 35.4 Å². The van der Waals surface area contributed by atoms with Gasteiger partial charge in [0.25, 0.3) is 5.91 Å². The van der Waals surface area contributed by atoms with Gasteiger partial charge in [-0.3, -0.25) is 4.79 Å². The lowest BCUT2D eigenvalue weighted by atomic mass is 10.0. The van der Waals surface area contributed by atoms with Gasteiger partial charge in [-0.1, -0.05) is 13.8 Å². The summed E-state index contributed by atoms with van der Waals surface area (Å²) in [7, 11) is 1.19. The van der Waals surface area contributed by atoms with Crippen LogP contribution in [-0.2, 0) is 25.2 Å². The number of esters is 2. The molecule has 26 heavy (non-hydrogen) atoms. The predicted molar refractivity (Wildman–Crippen MR) is 85.1 cm³/mol. The van der Waals surface area contributed by atoms with Crippen molar-refractivity contribution >= 4 is 17.8 Å². The Kier molecular flexibility index (Phi) is 7.60. The van der Waals surface area contributed by atoms with Crippen LogP contribution in [0.4, 0.5) is 13.2 Å². The molecule has 0 bridgehead atoms. The summed E-state index contributed by atoms with van der Waals surface area (Å²) in [4.78, 5) is 35.2. The minimum absolute atomic E-state index is 0.106. The van der Waals surface area contributed by atoms with E-state index in [2.05, 4.69) is 10.1 Å². The number of nitrogens with one attached hydrogen (secondary N) is 1. The second-order valence-corrected chi connectivity index (χ2v) is 5.92. The summed E-state index contributed by atoms with van der Waals surface area (Å²) in [5.74, 6) is -2.19. The van der Waals surface area contributed by atoms with E-state index in [4.69, 9.17) is 4.74 Å². The van der Waals surface area contributed by atoms with E-state index in [0.717, 1.165) is 24.3 Å². The first kappa shape index (κ1) is 21.5. The van der Waals surface area contributed by atoms with Crippen LogP contribution in [0.25, 0.3) is 0 Å². The predicted octanol–water partition coefficient (Wildman–Crippen LogP) is 2.57. The number of ether oxygens (including phenoxy) is 2. The highest BCUT2D eigenvalue weighted by Gasteiger charge is 2.30. The standard InChI is InChI=1S/C17H20F3NO5/c1-10(2)8-13(16(24)25-3)21-14(22)9-26-15(23)11-4-6-12(7-5-11)17(18,19)20/h4-7,10,13H,8-9H2,1-3H3,(H,21,22)/t13-/m1/s1. The van der Waals surface area contributed by atoms with Gasteiger partial charge in [-0.15, -0.1) is 0 Å². The fourth-order valence-electron chi connectivity index (χ4n) is 2.07. The first-order valence-electron chi connectivity index (χ1n) is 7.76. The number of carbonyl (C=O) groups excluding carboxylic acids is 3. The molecule has 0 aliphatic heterocycles. The smallest absolute Gasteiger partial charge is 0.416 e. The molecule has 144 valence electrons. The summed E-state index contributed by atoms with van der Waals surface area (Å²) < 4.78 is 46.8. The highest BCUT2D eigenvalue weighted by molar-refractivity contribution is 5.92. The number of rotatable bonds is 7. The molecule has 0 aromatic heterocycles. The van der Waals surface area contributed by atoms with Gasteiger partial charge < -0.3 is 14.8 Å². The summed E-state index contributed by atoms with van der Waals surface area (Å²) in [6, 6.07) is 2.52. The van der Waals surface area contributed by atoms with Crippen molar-refractivity contribution in [2.45, 2.75) is 32.5 Å². The highest BCUT2D eigenvalue weighted by Crippen LogP contribution is 2.29. The fraction of sp³-hybridized carbons (Fsp3) is 0.471. The van der Waals surface area contributed by atoms with Gasteiger partial charge in [-0.25, -0.2) is 9.59 Å². The van der Waals surface area contributed by atoms with Gasteiger partial charge in [-0.05, 0) is 36.6 Å². The Labute approximate surface area is 148 Å². The molecule has 1 amide bonds. The van der Waals surface area contributed by atoms with E-state index in [-0.39, 0.29) is 11.5 Å². The highest BCUT2D eigenvalue weighted by atomic mass is 19.4. The molecular weight excluding hydrogens is 355 g/mol. The number of halogens is 3. The SMILES string of the molecule is COC(=O)[C@@H](CC(C)C)NC(=O)COC(=O)c1ccc(C(F)(F)F)cc1. The first-order chi connectivity index (χ1) is 12.0. The lowest BCUT2D eigenvalue weighted by Crippen LogP contribution is -2.44. The van der Waals surface area contributed by atoms with Crippen molar-refractivity contribution in [1.82, 2.24) is 5.32 Å². The third-order valence-electron chi connectivity index (χ3n) is 3.31. The van der Waals surface area contributed by atoms with E-state index in [0.29, 0.717) is 6.42 Å². The maximum atomic E-state index is 12.5. The molecule has 0 fully saturated rings. The zero-order valence-corrected chi connectivity index (χ0v) is 14.6. The molecule has 6 nitrogen and oxygen atoms in total. The molecule has 0 heterocycles. The number of methoxy groups -OCH3 is 1. The number of hydrogen-bond acceptors (Lipinski definition) is 5. The average Bonchev–Trinajstić information content (AvgIpc) is 2.57. The Balaban J connectivity index is 2.60. The zero-order chi connectivity index (χ0) is 19.9. The molecule has 0 aliphatic rings. The van der Waals surface area contributed by atoms with Crippen LogP contribution in [0, 0.1) is 5.92 Å². The van der Waals surface area contributed by atoms with E-state index in [1.54, 1.807) is 0 Å². The van der Waals surface area contributed by atoms with Gasteiger partial charge in [-0.2, -0.15) is 13.2 Å². The van der Waals surface area contributed by atoms with Crippen molar-refractivity contribution in [1.29, 1.82) is 0 Å². The summed E-state index contributed by atoms with van der Waals surface area (Å²) in [5, 5.41) is 2.40. The van der Waals surface area contributed by atoms with Crippen LogP contribution >= 0.6 is 0 Å². The fourth-order valence-corrected chi connectivity index (χ4v) is 2.07. The van der Waals surface area contributed by atoms with Crippen molar-refractivity contribution < 1.29 is 37.0 Å². The van der Waals surface area contributed by atoms with E-state index in [1.807, 2.05) is 13.8 Å². The first-order valence-corrected chi connectivity index (χ1v) is 7.76. The van der Waals surface area contributed by atoms with Gasteiger partial charge in [0.1, 0.15) is 6.04 Å². The number of hydrogen-bond donors (Lipinski definition) is 1. The molecule has 9 heteroatoms. The van der Waals surface area contributed by atoms with Gasteiger partial charge >= 0.3 is 18.1 Å². The summed E-state index contributed by atoms with van der Waals surface area (Å²) >= 11 is 0. The van der Waals surface area contributed by atoms with E-state index >= 15 is 0 Å². The van der Waals surface area contributed by atoms with E-state index in [9.17, 15) is 27.6 Å². The maximum Gasteiger partial charge on any atom is 0.416 e. The largest absolute Gasteiger partial charge is 0.467 e. The Hall–Kier alpha value is -2.58. The van der Waals surface area contributed by atoms with Crippen LogP contribution in [0.5, 0.6) is 0 Å². The lowest BCUT2D eigenvalue weighted by molar-refractivity contribution is -0.145. The second-order valence-electron chi connectivity index (χ2n) is 5.92. The molecule has 0 aliphatic carbocycles. The van der Waals surface area contributed by atoms with Crippen LogP contribution in [0.2, 0.25) is 0 Å². The molecule has 0 saturated heterocycles. The summed E-state index contributed by atoms with van der Waals surface area (Å²) in [6.45, 7) is 3.03. The summed E-state index contributed by atoms with van der Waals surface area (Å²) in [6.07, 6.45) is -4.17. The third-order valence-corrected chi connectivity index (χ3v) is 3.31. The van der Waals surface area contributed by atoms with E-state index < -0.39 is 42.2 Å². The molecule has 1 aromatic rings. The van der Waals surface area contributed by atoms with Gasteiger partial charge in [0.05, 0.1) is 18.2 Å². The number of benzene rings is 1. The minimum atomic E-state index is -4.51. The molecule has 0 spiro atoms. The molecule has 1 rings (SSSR count). The van der Waals surface area contributed by atoms with Crippen LogP contribution in [0.15, 0.2) is 24.3 Å². The minimum Gasteiger partial charge on any atom is -0.467 e. The Morgan fingerprint density at radius 3 is 2.15 bits per heavy atom. The number of alkyl halides is 3. The molecule has 0 saturated carbocycles. The van der Waals surface area contributed by atoms with E-state index in [1.165, 1.54) is 7.11 Å². The Morgan fingerprint density at radius 1 is 1.12 bits per heavy atom. The quantitative estimate of drug-likeness (QED) is 0.741. The lowest BCUT2D eigenvalue weighted by Gasteiger charge is -2.18. The van der Waals surface area contributed by atoms with Gasteiger partial charge in [0.15, 0.2) is 6.61 Å². The monoisotopic (exact) mass is 375 g/mol. The van der Waals surface area contributed by atoms with Crippen molar-refractivity contribution in [3.8, 4) is 0 Å². The van der Waals surface area contributed by atoms with Gasteiger partial charge in [0, 0.05) is 0 Å². The zero-order valence-electron chi connectivity index (χ0n) is 14.6. The summed E-state index contributed by atoms with van der Waals surface area (Å²) in [5.41, 5.74) is -1.03. The topological polar surface area (TPSA) is 81.7 Å².